The Hall–Kier alpha value is 0.140. The maximum Gasteiger partial charge on any atom is 0.145 e. The van der Waals surface area contributed by atoms with Crippen molar-refractivity contribution in [3.63, 3.8) is 0 Å². The summed E-state index contributed by atoms with van der Waals surface area (Å²) >= 11 is 2.28. The number of carbonyl (C=O) groups excluding carboxylic acids is 1. The van der Waals surface area contributed by atoms with Gasteiger partial charge in [0.15, 0.2) is 0 Å². The van der Waals surface area contributed by atoms with Gasteiger partial charge in [-0.15, -0.1) is 6.58 Å². The van der Waals surface area contributed by atoms with Crippen LogP contribution in [0.3, 0.4) is 0 Å². The van der Waals surface area contributed by atoms with Crippen LogP contribution in [-0.4, -0.2) is 9.71 Å². The molecule has 0 unspecified atom stereocenters. The van der Waals surface area contributed by atoms with Crippen LogP contribution >= 0.6 is 22.6 Å². The highest BCUT2D eigenvalue weighted by Gasteiger charge is 2.31. The average molecular weight is 264 g/mol. The first-order valence-electron chi connectivity index (χ1n) is 4.03. The lowest BCUT2D eigenvalue weighted by atomic mass is 10.0. The first-order chi connectivity index (χ1) is 5.25. The minimum atomic E-state index is 0.285. The molecular formula is C9H13IO. The van der Waals surface area contributed by atoms with Crippen molar-refractivity contribution in [1.82, 2.24) is 0 Å². The average Bonchev–Trinajstić information content (AvgIpc) is 2.31. The second kappa shape index (κ2) is 4.24. The summed E-state index contributed by atoms with van der Waals surface area (Å²) in [6, 6.07) is 0. The number of alkyl halides is 1. The smallest absolute Gasteiger partial charge is 0.145 e. The predicted molar refractivity (Wildman–Crippen MR) is 55.0 cm³/mol. The molecule has 0 aliphatic heterocycles. The standard InChI is InChI=1S/C9H13IO/c1-2-3-4-7-5-6-8(11)9(7)10/h2,7,9H,1,3-6H2/t7-,9-/m1/s1. The number of ketones is 1. The summed E-state index contributed by atoms with van der Waals surface area (Å²) in [6.45, 7) is 3.68. The topological polar surface area (TPSA) is 17.1 Å². The van der Waals surface area contributed by atoms with E-state index in [1.807, 2.05) is 6.08 Å². The summed E-state index contributed by atoms with van der Waals surface area (Å²) in [4.78, 5) is 11.1. The summed E-state index contributed by atoms with van der Waals surface area (Å²) in [6.07, 6.45) is 6.03. The molecule has 0 heterocycles. The van der Waals surface area contributed by atoms with Crippen LogP contribution in [0.15, 0.2) is 12.7 Å². The molecule has 0 aromatic carbocycles. The molecular weight excluding hydrogens is 251 g/mol. The van der Waals surface area contributed by atoms with Gasteiger partial charge in [0.05, 0.1) is 3.92 Å². The molecule has 0 bridgehead atoms. The summed E-state index contributed by atoms with van der Waals surface area (Å²) < 4.78 is 0.285. The second-order valence-corrected chi connectivity index (χ2v) is 4.37. The van der Waals surface area contributed by atoms with E-state index in [-0.39, 0.29) is 3.92 Å². The molecule has 1 aliphatic rings. The zero-order chi connectivity index (χ0) is 8.27. The Balaban J connectivity index is 2.35. The van der Waals surface area contributed by atoms with E-state index in [4.69, 9.17) is 0 Å². The van der Waals surface area contributed by atoms with Crippen molar-refractivity contribution in [1.29, 1.82) is 0 Å². The third-order valence-corrected chi connectivity index (χ3v) is 3.94. The van der Waals surface area contributed by atoms with Gasteiger partial charge in [-0.3, -0.25) is 4.79 Å². The third-order valence-electron chi connectivity index (χ3n) is 2.22. The Labute approximate surface area is 81.4 Å². The number of hydrogen-bond acceptors (Lipinski definition) is 1. The van der Waals surface area contributed by atoms with Crippen LogP contribution in [0.25, 0.3) is 0 Å². The Morgan fingerprint density at radius 2 is 2.45 bits per heavy atom. The number of Topliss-reactive ketones (excluding diaryl/α,β-unsaturated/α-hetero) is 1. The van der Waals surface area contributed by atoms with Crippen LogP contribution in [0.2, 0.25) is 0 Å². The second-order valence-electron chi connectivity index (χ2n) is 3.03. The van der Waals surface area contributed by atoms with Gasteiger partial charge in [0.25, 0.3) is 0 Å². The molecule has 0 N–H and O–H groups in total. The Morgan fingerprint density at radius 3 is 2.91 bits per heavy atom. The monoisotopic (exact) mass is 264 g/mol. The summed E-state index contributed by atoms with van der Waals surface area (Å²) in [5, 5.41) is 0. The van der Waals surface area contributed by atoms with Crippen molar-refractivity contribution in [2.75, 3.05) is 0 Å². The van der Waals surface area contributed by atoms with Gasteiger partial charge in [0, 0.05) is 6.42 Å². The molecule has 1 nitrogen and oxygen atoms in total. The summed E-state index contributed by atoms with van der Waals surface area (Å²) in [5.74, 6) is 1.07. The molecule has 62 valence electrons. The molecule has 1 saturated carbocycles. The first-order valence-corrected chi connectivity index (χ1v) is 5.28. The molecule has 0 saturated heterocycles. The maximum atomic E-state index is 11.1. The van der Waals surface area contributed by atoms with Crippen LogP contribution < -0.4 is 0 Å². The van der Waals surface area contributed by atoms with E-state index in [9.17, 15) is 4.79 Å². The lowest BCUT2D eigenvalue weighted by Gasteiger charge is -2.09. The molecule has 0 amide bonds. The van der Waals surface area contributed by atoms with Crippen LogP contribution in [-0.2, 0) is 4.79 Å². The van der Waals surface area contributed by atoms with E-state index in [0.29, 0.717) is 11.7 Å². The molecule has 0 spiro atoms. The van der Waals surface area contributed by atoms with E-state index < -0.39 is 0 Å². The molecule has 0 aromatic rings. The van der Waals surface area contributed by atoms with Gasteiger partial charge in [-0.25, -0.2) is 0 Å². The van der Waals surface area contributed by atoms with E-state index in [2.05, 4.69) is 29.2 Å². The molecule has 1 aliphatic carbocycles. The summed E-state index contributed by atoms with van der Waals surface area (Å²) in [5.41, 5.74) is 0. The Morgan fingerprint density at radius 1 is 1.73 bits per heavy atom. The normalized spacial score (nSPS) is 30.8. The fourth-order valence-electron chi connectivity index (χ4n) is 1.50. The SMILES string of the molecule is C=CCC[C@@H]1CCC(=O)[C@@H]1I. The van der Waals surface area contributed by atoms with Crippen LogP contribution in [0.1, 0.15) is 25.7 Å². The van der Waals surface area contributed by atoms with Gasteiger partial charge >= 0.3 is 0 Å². The van der Waals surface area contributed by atoms with E-state index in [0.717, 1.165) is 25.7 Å². The minimum Gasteiger partial charge on any atom is -0.299 e. The van der Waals surface area contributed by atoms with Gasteiger partial charge in [0.2, 0.25) is 0 Å². The van der Waals surface area contributed by atoms with Crippen LogP contribution in [0, 0.1) is 5.92 Å². The quantitative estimate of drug-likeness (QED) is 0.435. The van der Waals surface area contributed by atoms with Gasteiger partial charge in [-0.1, -0.05) is 28.7 Å². The Kier molecular flexibility index (Phi) is 3.55. The fourth-order valence-corrected chi connectivity index (χ4v) is 2.53. The van der Waals surface area contributed by atoms with E-state index in [1.54, 1.807) is 0 Å². The first kappa shape index (κ1) is 9.23. The lowest BCUT2D eigenvalue weighted by Crippen LogP contribution is -2.12. The maximum absolute atomic E-state index is 11.1. The Bertz CT molecular complexity index is 165. The zero-order valence-electron chi connectivity index (χ0n) is 6.55. The van der Waals surface area contributed by atoms with Gasteiger partial charge in [-0.05, 0) is 25.2 Å². The fraction of sp³-hybridized carbons (Fsp3) is 0.667. The highest BCUT2D eigenvalue weighted by Crippen LogP contribution is 2.32. The van der Waals surface area contributed by atoms with Crippen molar-refractivity contribution in [3.8, 4) is 0 Å². The van der Waals surface area contributed by atoms with Crippen molar-refractivity contribution in [3.05, 3.63) is 12.7 Å². The highest BCUT2D eigenvalue weighted by molar-refractivity contribution is 14.1. The van der Waals surface area contributed by atoms with Crippen molar-refractivity contribution >= 4 is 28.4 Å². The van der Waals surface area contributed by atoms with Crippen LogP contribution in [0.5, 0.6) is 0 Å². The largest absolute Gasteiger partial charge is 0.299 e. The summed E-state index contributed by atoms with van der Waals surface area (Å²) in [7, 11) is 0. The molecule has 0 radical (unpaired) electrons. The number of allylic oxidation sites excluding steroid dienone is 1. The van der Waals surface area contributed by atoms with Gasteiger partial charge in [-0.2, -0.15) is 0 Å². The van der Waals surface area contributed by atoms with Gasteiger partial charge < -0.3 is 0 Å². The third kappa shape index (κ3) is 2.29. The predicted octanol–water partition coefficient (Wildman–Crippen LogP) is 2.74. The van der Waals surface area contributed by atoms with E-state index >= 15 is 0 Å². The number of halogens is 1. The van der Waals surface area contributed by atoms with Crippen molar-refractivity contribution < 1.29 is 4.79 Å². The minimum absolute atomic E-state index is 0.285. The van der Waals surface area contributed by atoms with Crippen LogP contribution in [0.4, 0.5) is 0 Å². The zero-order valence-corrected chi connectivity index (χ0v) is 8.71. The molecule has 2 heteroatoms. The number of hydrogen-bond donors (Lipinski definition) is 0. The molecule has 11 heavy (non-hydrogen) atoms. The number of carbonyl (C=O) groups is 1. The van der Waals surface area contributed by atoms with Gasteiger partial charge in [0.1, 0.15) is 5.78 Å². The van der Waals surface area contributed by atoms with E-state index in [1.165, 1.54) is 0 Å². The number of rotatable bonds is 3. The molecule has 1 fully saturated rings. The molecule has 1 rings (SSSR count). The van der Waals surface area contributed by atoms with Crippen molar-refractivity contribution in [2.45, 2.75) is 29.6 Å². The molecule has 2 atom stereocenters. The van der Waals surface area contributed by atoms with Crippen molar-refractivity contribution in [2.24, 2.45) is 5.92 Å². The highest BCUT2D eigenvalue weighted by atomic mass is 127. The lowest BCUT2D eigenvalue weighted by molar-refractivity contribution is -0.116. The molecule has 0 aromatic heterocycles.